The molecule has 2 amide bonds. The molecule has 0 bridgehead atoms. The number of nitrogens with one attached hydrogen (secondary N) is 1. The summed E-state index contributed by atoms with van der Waals surface area (Å²) >= 11 is 6.01. The summed E-state index contributed by atoms with van der Waals surface area (Å²) in [5, 5.41) is 12.3. The zero-order valence-corrected chi connectivity index (χ0v) is 18.8. The van der Waals surface area contributed by atoms with E-state index in [0.717, 1.165) is 4.90 Å². The summed E-state index contributed by atoms with van der Waals surface area (Å²) < 4.78 is 82.9. The van der Waals surface area contributed by atoms with Crippen molar-refractivity contribution in [1.29, 1.82) is 0 Å². The van der Waals surface area contributed by atoms with Gasteiger partial charge in [0.05, 0.1) is 29.5 Å². The van der Waals surface area contributed by atoms with Gasteiger partial charge in [0.2, 0.25) is 0 Å². The third-order valence-electron chi connectivity index (χ3n) is 5.41. The van der Waals surface area contributed by atoms with Crippen molar-refractivity contribution in [2.24, 2.45) is 0 Å². The van der Waals surface area contributed by atoms with Gasteiger partial charge in [0, 0.05) is 17.5 Å². The summed E-state index contributed by atoms with van der Waals surface area (Å²) in [6.45, 7) is 1.15. The second-order valence-electron chi connectivity index (χ2n) is 7.94. The second-order valence-corrected chi connectivity index (χ2v) is 8.37. The first-order valence-corrected chi connectivity index (χ1v) is 10.6. The molecule has 13 heteroatoms. The number of anilines is 1. The number of hydrogen-bond acceptors (Lipinski definition) is 3. The SMILES string of the molecule is C[C@@H]1C[C@H](NC(=O)OCCc2cc(C(F)(F)F)cc(C(F)(F)F)c2)c2cc(Cl)ccc2N1C(=O)O. The summed E-state index contributed by atoms with van der Waals surface area (Å²) in [6, 6.07) is 4.43. The highest BCUT2D eigenvalue weighted by Crippen LogP contribution is 2.39. The summed E-state index contributed by atoms with van der Waals surface area (Å²) in [4.78, 5) is 25.1. The van der Waals surface area contributed by atoms with Crippen LogP contribution < -0.4 is 10.2 Å². The number of benzene rings is 2. The van der Waals surface area contributed by atoms with Crippen LogP contribution in [0.1, 0.15) is 41.6 Å². The molecule has 0 spiro atoms. The molecule has 0 aliphatic carbocycles. The predicted molar refractivity (Wildman–Crippen MR) is 113 cm³/mol. The largest absolute Gasteiger partial charge is 0.465 e. The molecule has 190 valence electrons. The van der Waals surface area contributed by atoms with E-state index in [0.29, 0.717) is 28.4 Å². The number of halogens is 7. The van der Waals surface area contributed by atoms with Gasteiger partial charge in [0.25, 0.3) is 0 Å². The van der Waals surface area contributed by atoms with Crippen LogP contribution in [-0.4, -0.2) is 29.9 Å². The lowest BCUT2D eigenvalue weighted by molar-refractivity contribution is -0.143. The van der Waals surface area contributed by atoms with Crippen molar-refractivity contribution in [2.75, 3.05) is 11.5 Å². The number of amides is 2. The number of alkyl halides is 6. The molecule has 2 N–H and O–H groups in total. The van der Waals surface area contributed by atoms with Crippen molar-refractivity contribution in [3.63, 3.8) is 0 Å². The lowest BCUT2D eigenvalue weighted by Crippen LogP contribution is -2.45. The topological polar surface area (TPSA) is 78.9 Å². The molecule has 0 saturated carbocycles. The monoisotopic (exact) mass is 524 g/mol. The fourth-order valence-corrected chi connectivity index (χ4v) is 4.05. The maximum atomic E-state index is 13.0. The maximum absolute atomic E-state index is 13.0. The molecule has 0 saturated heterocycles. The van der Waals surface area contributed by atoms with Crippen LogP contribution >= 0.6 is 11.6 Å². The highest BCUT2D eigenvalue weighted by Gasteiger charge is 2.37. The first-order valence-electron chi connectivity index (χ1n) is 10.2. The minimum Gasteiger partial charge on any atom is -0.465 e. The molecule has 35 heavy (non-hydrogen) atoms. The van der Waals surface area contributed by atoms with Gasteiger partial charge in [-0.05, 0) is 60.9 Å². The zero-order valence-electron chi connectivity index (χ0n) is 18.0. The van der Waals surface area contributed by atoms with E-state index in [1.165, 1.54) is 18.2 Å². The van der Waals surface area contributed by atoms with Crippen LogP contribution in [0.5, 0.6) is 0 Å². The molecule has 0 radical (unpaired) electrons. The number of fused-ring (bicyclic) bond motifs is 1. The molecule has 1 heterocycles. The van der Waals surface area contributed by atoms with Crippen LogP contribution in [0.15, 0.2) is 36.4 Å². The van der Waals surface area contributed by atoms with Gasteiger partial charge in [-0.25, -0.2) is 9.59 Å². The van der Waals surface area contributed by atoms with E-state index in [9.17, 15) is 41.0 Å². The molecule has 0 unspecified atom stereocenters. The van der Waals surface area contributed by atoms with E-state index < -0.39 is 60.8 Å². The predicted octanol–water partition coefficient (Wildman–Crippen LogP) is 6.66. The number of carboxylic acid groups (broad SMARTS) is 1. The molecule has 2 aromatic rings. The fraction of sp³-hybridized carbons (Fsp3) is 0.364. The van der Waals surface area contributed by atoms with Crippen molar-refractivity contribution < 1.29 is 45.8 Å². The normalized spacial score (nSPS) is 18.1. The van der Waals surface area contributed by atoms with Gasteiger partial charge in [0.15, 0.2) is 0 Å². The lowest BCUT2D eigenvalue weighted by Gasteiger charge is -2.37. The number of carbonyl (C=O) groups excluding carboxylic acids is 1. The van der Waals surface area contributed by atoms with Gasteiger partial charge < -0.3 is 15.2 Å². The van der Waals surface area contributed by atoms with Gasteiger partial charge in [-0.1, -0.05) is 11.6 Å². The van der Waals surface area contributed by atoms with Gasteiger partial charge in [-0.2, -0.15) is 26.3 Å². The van der Waals surface area contributed by atoms with Crippen molar-refractivity contribution in [3.05, 3.63) is 63.7 Å². The summed E-state index contributed by atoms with van der Waals surface area (Å²) in [5.74, 6) is 0. The number of hydrogen-bond donors (Lipinski definition) is 2. The molecule has 0 aromatic heterocycles. The Kier molecular flexibility index (Phi) is 7.44. The van der Waals surface area contributed by atoms with Crippen molar-refractivity contribution in [2.45, 2.75) is 44.2 Å². The van der Waals surface area contributed by atoms with Crippen molar-refractivity contribution in [1.82, 2.24) is 5.32 Å². The Morgan fingerprint density at radius 2 is 1.69 bits per heavy atom. The van der Waals surface area contributed by atoms with Gasteiger partial charge in [-0.15, -0.1) is 0 Å². The first-order chi connectivity index (χ1) is 16.2. The van der Waals surface area contributed by atoms with Crippen LogP contribution in [-0.2, 0) is 23.5 Å². The molecule has 2 aromatic carbocycles. The fourth-order valence-electron chi connectivity index (χ4n) is 3.87. The van der Waals surface area contributed by atoms with Crippen LogP contribution in [0.25, 0.3) is 0 Å². The van der Waals surface area contributed by atoms with Gasteiger partial charge >= 0.3 is 24.5 Å². The zero-order chi connectivity index (χ0) is 26.1. The Bertz CT molecular complexity index is 1090. The highest BCUT2D eigenvalue weighted by atomic mass is 35.5. The minimum absolute atomic E-state index is 0.0182. The van der Waals surface area contributed by atoms with E-state index >= 15 is 0 Å². The van der Waals surface area contributed by atoms with Crippen LogP contribution in [0.2, 0.25) is 5.02 Å². The molecule has 6 nitrogen and oxygen atoms in total. The molecule has 1 aliphatic rings. The number of nitrogens with zero attached hydrogens (tertiary/aromatic N) is 1. The summed E-state index contributed by atoms with van der Waals surface area (Å²) in [5.41, 5.74) is -2.49. The maximum Gasteiger partial charge on any atom is 0.416 e. The minimum atomic E-state index is -4.98. The van der Waals surface area contributed by atoms with E-state index in [-0.39, 0.29) is 18.1 Å². The molecular formula is C22H19ClF6N2O4. The Morgan fingerprint density at radius 3 is 2.23 bits per heavy atom. The average molecular weight is 525 g/mol. The van der Waals surface area contributed by atoms with Crippen LogP contribution in [0.3, 0.4) is 0 Å². The van der Waals surface area contributed by atoms with E-state index in [4.69, 9.17) is 16.3 Å². The molecular weight excluding hydrogens is 506 g/mol. The standard InChI is InChI=1S/C22H19ClF6N2O4/c1-11-6-17(16-10-15(23)2-3-18(16)31(11)20(33)34)30-19(32)35-5-4-12-7-13(21(24,25)26)9-14(8-12)22(27,28)29/h2-3,7-11,17H,4-6H2,1H3,(H,30,32)(H,33,34)/t11-,17+/m1/s1. The Hall–Kier alpha value is -3.15. The molecule has 3 rings (SSSR count). The van der Waals surface area contributed by atoms with Gasteiger partial charge in [0.1, 0.15) is 0 Å². The number of carbonyl (C=O) groups is 2. The van der Waals surface area contributed by atoms with Crippen LogP contribution in [0.4, 0.5) is 41.6 Å². The highest BCUT2D eigenvalue weighted by molar-refractivity contribution is 6.30. The van der Waals surface area contributed by atoms with E-state index in [2.05, 4.69) is 5.32 Å². The number of ether oxygens (including phenoxy) is 1. The van der Waals surface area contributed by atoms with Crippen molar-refractivity contribution in [3.8, 4) is 0 Å². The number of rotatable bonds is 4. The van der Waals surface area contributed by atoms with E-state index in [1.807, 2.05) is 0 Å². The lowest BCUT2D eigenvalue weighted by atomic mass is 9.92. The third kappa shape index (κ3) is 6.30. The summed E-state index contributed by atoms with van der Waals surface area (Å²) in [7, 11) is 0. The molecule has 2 atom stereocenters. The average Bonchev–Trinajstić information content (AvgIpc) is 2.72. The van der Waals surface area contributed by atoms with E-state index in [1.54, 1.807) is 6.92 Å². The Balaban J connectivity index is 1.70. The van der Waals surface area contributed by atoms with Crippen molar-refractivity contribution >= 4 is 29.5 Å². The molecule has 0 fully saturated rings. The smallest absolute Gasteiger partial charge is 0.416 e. The third-order valence-corrected chi connectivity index (χ3v) is 5.65. The Labute approximate surface area is 200 Å². The Morgan fingerprint density at radius 1 is 1.09 bits per heavy atom. The first kappa shape index (κ1) is 26.5. The van der Waals surface area contributed by atoms with Gasteiger partial charge in [-0.3, -0.25) is 4.90 Å². The van der Waals surface area contributed by atoms with Crippen LogP contribution in [0, 0.1) is 0 Å². The summed E-state index contributed by atoms with van der Waals surface area (Å²) in [6.07, 6.45) is -12.3. The quantitative estimate of drug-likeness (QED) is 0.438. The molecule has 1 aliphatic heterocycles. The second kappa shape index (κ2) is 9.84. The number of alkyl carbamates (subject to hydrolysis) is 1.